The molecule has 0 atom stereocenters. The lowest BCUT2D eigenvalue weighted by Gasteiger charge is -2.17. The smallest absolute Gasteiger partial charge is 0.269 e. The van der Waals surface area contributed by atoms with Gasteiger partial charge in [0.2, 0.25) is 0 Å². The van der Waals surface area contributed by atoms with Crippen LogP contribution in [-0.4, -0.2) is 16.5 Å². The highest BCUT2D eigenvalue weighted by Crippen LogP contribution is 2.34. The quantitative estimate of drug-likeness (QED) is 0.356. The third kappa shape index (κ3) is 5.57. The Morgan fingerprint density at radius 1 is 1.13 bits per heavy atom. The van der Waals surface area contributed by atoms with E-state index in [-0.39, 0.29) is 16.0 Å². The van der Waals surface area contributed by atoms with Gasteiger partial charge in [0.1, 0.15) is 5.75 Å². The van der Waals surface area contributed by atoms with Gasteiger partial charge in [-0.05, 0) is 30.2 Å². The van der Waals surface area contributed by atoms with Gasteiger partial charge < -0.3 is 10.1 Å². The molecule has 3 rings (SSSR count). The summed E-state index contributed by atoms with van der Waals surface area (Å²) in [6.07, 6.45) is 0.801. The minimum atomic E-state index is -0.375. The van der Waals surface area contributed by atoms with Crippen molar-refractivity contribution in [3.8, 4) is 5.75 Å². The van der Waals surface area contributed by atoms with Crippen LogP contribution in [0.2, 0.25) is 0 Å². The molecular formula is C23H27N3O3S. The minimum absolute atomic E-state index is 0.0808. The molecule has 158 valence electrons. The lowest BCUT2D eigenvalue weighted by molar-refractivity contribution is -0.384. The summed E-state index contributed by atoms with van der Waals surface area (Å²) in [6.45, 7) is 9.60. The number of nitrogens with one attached hydrogen (secondary N) is 1. The number of hydrogen-bond donors (Lipinski definition) is 1. The summed E-state index contributed by atoms with van der Waals surface area (Å²) >= 11 is 1.64. The van der Waals surface area contributed by atoms with E-state index in [1.165, 1.54) is 16.5 Å². The maximum Gasteiger partial charge on any atom is 0.269 e. The Hall–Kier alpha value is -2.93. The van der Waals surface area contributed by atoms with Crippen LogP contribution in [0.5, 0.6) is 5.75 Å². The van der Waals surface area contributed by atoms with E-state index >= 15 is 0 Å². The first-order valence-corrected chi connectivity index (χ1v) is 10.8. The van der Waals surface area contributed by atoms with E-state index in [1.54, 1.807) is 23.5 Å². The topological polar surface area (TPSA) is 77.3 Å². The highest BCUT2D eigenvalue weighted by molar-refractivity contribution is 7.15. The minimum Gasteiger partial charge on any atom is -0.494 e. The van der Waals surface area contributed by atoms with E-state index in [4.69, 9.17) is 9.72 Å². The van der Waals surface area contributed by atoms with Gasteiger partial charge in [-0.2, -0.15) is 0 Å². The van der Waals surface area contributed by atoms with Crippen LogP contribution in [0.1, 0.15) is 49.4 Å². The van der Waals surface area contributed by atoms with Crippen LogP contribution in [0.25, 0.3) is 0 Å². The van der Waals surface area contributed by atoms with Crippen LogP contribution in [0.4, 0.5) is 10.8 Å². The van der Waals surface area contributed by atoms with E-state index in [9.17, 15) is 10.1 Å². The first kappa shape index (κ1) is 21.8. The molecule has 0 aliphatic heterocycles. The second-order valence-corrected chi connectivity index (χ2v) is 9.16. The molecule has 0 amide bonds. The van der Waals surface area contributed by atoms with Crippen molar-refractivity contribution in [3.05, 3.63) is 80.3 Å². The number of rotatable bonds is 8. The van der Waals surface area contributed by atoms with Crippen LogP contribution in [0.15, 0.2) is 48.5 Å². The highest BCUT2D eigenvalue weighted by atomic mass is 32.1. The summed E-state index contributed by atoms with van der Waals surface area (Å²) in [6, 6.07) is 14.8. The van der Waals surface area contributed by atoms with Crippen molar-refractivity contribution >= 4 is 22.2 Å². The van der Waals surface area contributed by atoms with E-state index in [2.05, 4.69) is 38.2 Å². The molecule has 0 fully saturated rings. The Bertz CT molecular complexity index is 1010. The molecule has 0 saturated heterocycles. The number of hydrogen-bond acceptors (Lipinski definition) is 6. The molecule has 0 radical (unpaired) electrons. The van der Waals surface area contributed by atoms with Gasteiger partial charge in [-0.3, -0.25) is 10.1 Å². The van der Waals surface area contributed by atoms with E-state index in [0.717, 1.165) is 28.6 Å². The second kappa shape index (κ2) is 9.26. The molecule has 0 saturated carbocycles. The van der Waals surface area contributed by atoms with Crippen molar-refractivity contribution in [2.24, 2.45) is 0 Å². The summed E-state index contributed by atoms with van der Waals surface area (Å²) in [5.41, 5.74) is 3.15. The fraction of sp³-hybridized carbons (Fsp3) is 0.348. The van der Waals surface area contributed by atoms with Crippen LogP contribution in [-0.2, 0) is 18.4 Å². The summed E-state index contributed by atoms with van der Waals surface area (Å²) in [5.74, 6) is 0.876. The van der Waals surface area contributed by atoms with Gasteiger partial charge in [-0.25, -0.2) is 4.98 Å². The SMILES string of the molecule is CCOc1ccc(Cc2sc(NCc3cccc([N+](=O)[O-])c3)nc2C(C)(C)C)cc1. The van der Waals surface area contributed by atoms with Gasteiger partial charge in [0.05, 0.1) is 17.2 Å². The molecule has 1 aromatic heterocycles. The zero-order valence-electron chi connectivity index (χ0n) is 17.8. The molecule has 6 nitrogen and oxygen atoms in total. The van der Waals surface area contributed by atoms with Crippen molar-refractivity contribution in [1.82, 2.24) is 4.98 Å². The number of thiazole rings is 1. The zero-order valence-corrected chi connectivity index (χ0v) is 18.6. The lowest BCUT2D eigenvalue weighted by Crippen LogP contribution is -2.14. The van der Waals surface area contributed by atoms with E-state index < -0.39 is 0 Å². The van der Waals surface area contributed by atoms with Gasteiger partial charge in [-0.1, -0.05) is 45.0 Å². The third-order valence-electron chi connectivity index (χ3n) is 4.57. The predicted molar refractivity (Wildman–Crippen MR) is 122 cm³/mol. The number of ether oxygens (including phenoxy) is 1. The average Bonchev–Trinajstić information content (AvgIpc) is 3.11. The monoisotopic (exact) mass is 425 g/mol. The third-order valence-corrected chi connectivity index (χ3v) is 5.58. The Kier molecular flexibility index (Phi) is 6.72. The van der Waals surface area contributed by atoms with Crippen LogP contribution >= 0.6 is 11.3 Å². The normalized spacial score (nSPS) is 11.3. The Morgan fingerprint density at radius 3 is 2.50 bits per heavy atom. The highest BCUT2D eigenvalue weighted by Gasteiger charge is 2.23. The fourth-order valence-corrected chi connectivity index (χ4v) is 4.35. The number of nitro groups is 1. The standard InChI is InChI=1S/C23H27N3O3S/c1-5-29-19-11-9-16(10-12-19)14-20-21(23(2,3)4)25-22(30-20)24-15-17-7-6-8-18(13-17)26(27)28/h6-13H,5,14-15H2,1-4H3,(H,24,25). The van der Waals surface area contributed by atoms with E-state index in [0.29, 0.717) is 13.2 Å². The average molecular weight is 426 g/mol. The first-order chi connectivity index (χ1) is 14.3. The van der Waals surface area contributed by atoms with Crippen LogP contribution < -0.4 is 10.1 Å². The zero-order chi connectivity index (χ0) is 21.7. The molecule has 30 heavy (non-hydrogen) atoms. The van der Waals surface area contributed by atoms with Crippen molar-refractivity contribution < 1.29 is 9.66 Å². The number of benzene rings is 2. The second-order valence-electron chi connectivity index (χ2n) is 8.08. The lowest BCUT2D eigenvalue weighted by atomic mass is 9.90. The summed E-state index contributed by atoms with van der Waals surface area (Å²) in [5, 5.41) is 15.1. The predicted octanol–water partition coefficient (Wildman–Crippen LogP) is 5.95. The Balaban J connectivity index is 1.77. The van der Waals surface area contributed by atoms with Gasteiger partial charge in [0.15, 0.2) is 5.13 Å². The molecule has 1 heterocycles. The maximum atomic E-state index is 11.0. The van der Waals surface area contributed by atoms with Gasteiger partial charge in [0.25, 0.3) is 5.69 Å². The molecule has 0 aliphatic carbocycles. The maximum absolute atomic E-state index is 11.0. The molecular weight excluding hydrogens is 398 g/mol. The molecule has 0 bridgehead atoms. The largest absolute Gasteiger partial charge is 0.494 e. The number of nitro benzene ring substituents is 1. The van der Waals surface area contributed by atoms with E-state index in [1.807, 2.05) is 25.1 Å². The molecule has 2 aromatic carbocycles. The van der Waals surface area contributed by atoms with Crippen molar-refractivity contribution in [1.29, 1.82) is 0 Å². The molecule has 3 aromatic rings. The molecule has 0 unspecified atom stereocenters. The fourth-order valence-electron chi connectivity index (χ4n) is 3.15. The number of aromatic nitrogens is 1. The summed E-state index contributed by atoms with van der Waals surface area (Å²) in [7, 11) is 0. The first-order valence-electron chi connectivity index (χ1n) is 9.95. The number of nitrogens with zero attached hydrogens (tertiary/aromatic N) is 2. The van der Waals surface area contributed by atoms with Crippen molar-refractivity contribution in [2.75, 3.05) is 11.9 Å². The van der Waals surface area contributed by atoms with Crippen LogP contribution in [0, 0.1) is 10.1 Å². The van der Waals surface area contributed by atoms with Crippen LogP contribution in [0.3, 0.4) is 0 Å². The Labute approximate surface area is 181 Å². The summed E-state index contributed by atoms with van der Waals surface area (Å²) < 4.78 is 5.53. The number of anilines is 1. The number of non-ortho nitro benzene ring substituents is 1. The van der Waals surface area contributed by atoms with Crippen molar-refractivity contribution in [2.45, 2.75) is 46.1 Å². The Morgan fingerprint density at radius 2 is 1.87 bits per heavy atom. The van der Waals surface area contributed by atoms with Gasteiger partial charge in [0, 0.05) is 35.4 Å². The molecule has 7 heteroatoms. The molecule has 0 spiro atoms. The van der Waals surface area contributed by atoms with Gasteiger partial charge >= 0.3 is 0 Å². The summed E-state index contributed by atoms with van der Waals surface area (Å²) in [4.78, 5) is 16.7. The molecule has 0 aliphatic rings. The van der Waals surface area contributed by atoms with Crippen molar-refractivity contribution in [3.63, 3.8) is 0 Å². The van der Waals surface area contributed by atoms with Gasteiger partial charge in [-0.15, -0.1) is 11.3 Å². The molecule has 1 N–H and O–H groups in total.